The first kappa shape index (κ1) is 33.2. The molecule has 0 aromatic heterocycles. The van der Waals surface area contributed by atoms with Gasteiger partial charge < -0.3 is 15.0 Å². The van der Waals surface area contributed by atoms with E-state index in [0.717, 1.165) is 22.7 Å². The number of rotatable bonds is 14. The van der Waals surface area contributed by atoms with Gasteiger partial charge in [0.15, 0.2) is 0 Å². The topological polar surface area (TPSA) is 96.0 Å². The van der Waals surface area contributed by atoms with Crippen molar-refractivity contribution < 1.29 is 22.7 Å². The summed E-state index contributed by atoms with van der Waals surface area (Å²) < 4.78 is 34.2. The molecule has 0 radical (unpaired) electrons. The fraction of sp³-hybridized carbons (Fsp3) is 0.355. The van der Waals surface area contributed by atoms with E-state index < -0.39 is 28.5 Å². The Hall–Kier alpha value is -3.27. The molecule has 1 N–H and O–H groups in total. The molecule has 1 atom stereocenters. The number of anilines is 1. The fourth-order valence-electron chi connectivity index (χ4n) is 4.39. The molecule has 0 aliphatic rings. The molecule has 2 amide bonds. The first-order chi connectivity index (χ1) is 20.0. The van der Waals surface area contributed by atoms with E-state index in [4.69, 9.17) is 27.9 Å². The average Bonchev–Trinajstić information content (AvgIpc) is 2.97. The lowest BCUT2D eigenvalue weighted by Crippen LogP contribution is -2.52. The van der Waals surface area contributed by atoms with Crippen molar-refractivity contribution in [2.45, 2.75) is 57.5 Å². The number of aryl methyl sites for hydroxylation is 1. The second-order valence-corrected chi connectivity index (χ2v) is 12.5. The highest BCUT2D eigenvalue weighted by atomic mass is 35.5. The standard InChI is InChI=1S/C31H37Cl2N3O5S/c1-5-7-19-34-31(38)29(6-2)35(20-26-27(32)9-8-10-28(26)33)30(37)21-36(23-13-15-24(41-4)16-14-23)42(39,40)25-17-11-22(3)12-18-25/h8-18,29H,5-7,19-21H2,1-4H3,(H,34,38)/t29-/m1/s1. The molecule has 11 heteroatoms. The smallest absolute Gasteiger partial charge is 0.264 e. The zero-order chi connectivity index (χ0) is 30.9. The van der Waals surface area contributed by atoms with Crippen molar-refractivity contribution in [2.24, 2.45) is 0 Å². The summed E-state index contributed by atoms with van der Waals surface area (Å²) in [6.45, 7) is 5.47. The van der Waals surface area contributed by atoms with Gasteiger partial charge in [-0.2, -0.15) is 0 Å². The number of benzene rings is 3. The summed E-state index contributed by atoms with van der Waals surface area (Å²) in [4.78, 5) is 28.9. The highest BCUT2D eigenvalue weighted by molar-refractivity contribution is 7.92. The van der Waals surface area contributed by atoms with Crippen molar-refractivity contribution in [3.8, 4) is 5.75 Å². The molecule has 0 aliphatic carbocycles. The molecule has 226 valence electrons. The molecule has 8 nitrogen and oxygen atoms in total. The maximum Gasteiger partial charge on any atom is 0.264 e. The Morgan fingerprint density at radius 1 is 0.952 bits per heavy atom. The molecule has 0 heterocycles. The first-order valence-corrected chi connectivity index (χ1v) is 16.0. The Bertz CT molecular complexity index is 1440. The number of sulfonamides is 1. The maximum absolute atomic E-state index is 14.2. The van der Waals surface area contributed by atoms with Crippen LogP contribution < -0.4 is 14.4 Å². The van der Waals surface area contributed by atoms with Gasteiger partial charge in [0.25, 0.3) is 10.0 Å². The second kappa shape index (κ2) is 15.3. The van der Waals surface area contributed by atoms with E-state index in [1.807, 2.05) is 13.8 Å². The minimum Gasteiger partial charge on any atom is -0.497 e. The quantitative estimate of drug-likeness (QED) is 0.212. The molecular formula is C31H37Cl2N3O5S. The Labute approximate surface area is 258 Å². The largest absolute Gasteiger partial charge is 0.497 e. The summed E-state index contributed by atoms with van der Waals surface area (Å²) in [7, 11) is -2.68. The predicted octanol–water partition coefficient (Wildman–Crippen LogP) is 6.23. The fourth-order valence-corrected chi connectivity index (χ4v) is 6.33. The molecule has 0 bridgehead atoms. The summed E-state index contributed by atoms with van der Waals surface area (Å²) in [5.74, 6) is -0.391. The Kier molecular flexibility index (Phi) is 12.1. The molecular weight excluding hydrogens is 597 g/mol. The van der Waals surface area contributed by atoms with Crippen LogP contribution in [0.5, 0.6) is 5.75 Å². The highest BCUT2D eigenvalue weighted by Crippen LogP contribution is 2.29. The normalized spacial score (nSPS) is 12.0. The number of carbonyl (C=O) groups excluding carboxylic acids is 2. The molecule has 0 saturated carbocycles. The van der Waals surface area contributed by atoms with Crippen molar-refractivity contribution in [3.63, 3.8) is 0 Å². The van der Waals surface area contributed by atoms with Crippen LogP contribution in [0.15, 0.2) is 71.6 Å². The number of hydrogen-bond donors (Lipinski definition) is 1. The number of methoxy groups -OCH3 is 1. The van der Waals surface area contributed by atoms with E-state index in [2.05, 4.69) is 5.32 Å². The van der Waals surface area contributed by atoms with Crippen LogP contribution in [0.25, 0.3) is 0 Å². The van der Waals surface area contributed by atoms with Crippen molar-refractivity contribution in [1.29, 1.82) is 0 Å². The minimum atomic E-state index is -4.19. The lowest BCUT2D eigenvalue weighted by Gasteiger charge is -2.33. The number of nitrogens with zero attached hydrogens (tertiary/aromatic N) is 2. The third kappa shape index (κ3) is 8.18. The number of carbonyl (C=O) groups is 2. The van der Waals surface area contributed by atoms with Crippen molar-refractivity contribution >= 4 is 50.7 Å². The lowest BCUT2D eigenvalue weighted by molar-refractivity contribution is -0.140. The molecule has 3 aromatic rings. The monoisotopic (exact) mass is 633 g/mol. The molecule has 42 heavy (non-hydrogen) atoms. The zero-order valence-corrected chi connectivity index (χ0v) is 26.6. The molecule has 3 rings (SSSR count). The molecule has 0 saturated heterocycles. The second-order valence-electron chi connectivity index (χ2n) is 9.81. The number of ether oxygens (including phenoxy) is 1. The van der Waals surface area contributed by atoms with Gasteiger partial charge in [-0.1, -0.05) is 67.2 Å². The van der Waals surface area contributed by atoms with E-state index in [1.54, 1.807) is 61.5 Å². The van der Waals surface area contributed by atoms with Gasteiger partial charge in [0, 0.05) is 28.7 Å². The summed E-state index contributed by atoms with van der Waals surface area (Å²) in [5, 5.41) is 3.57. The van der Waals surface area contributed by atoms with E-state index in [1.165, 1.54) is 24.1 Å². The zero-order valence-electron chi connectivity index (χ0n) is 24.3. The minimum absolute atomic E-state index is 0.0294. The lowest BCUT2D eigenvalue weighted by atomic mass is 10.1. The van der Waals surface area contributed by atoms with Gasteiger partial charge in [-0.15, -0.1) is 0 Å². The third-order valence-electron chi connectivity index (χ3n) is 6.85. The summed E-state index contributed by atoms with van der Waals surface area (Å²) in [5.41, 5.74) is 1.62. The van der Waals surface area contributed by atoms with Crippen molar-refractivity contribution in [3.05, 3.63) is 87.9 Å². The van der Waals surface area contributed by atoms with Crippen LogP contribution in [0.3, 0.4) is 0 Å². The van der Waals surface area contributed by atoms with Crippen molar-refractivity contribution in [1.82, 2.24) is 10.2 Å². The molecule has 0 fully saturated rings. The SMILES string of the molecule is CCCCNC(=O)[C@@H](CC)N(Cc1c(Cl)cccc1Cl)C(=O)CN(c1ccc(OC)cc1)S(=O)(=O)c1ccc(C)cc1. The molecule has 0 aliphatic heterocycles. The molecule has 3 aromatic carbocycles. The van der Waals surface area contributed by atoms with Crippen LogP contribution in [-0.2, 0) is 26.2 Å². The van der Waals surface area contributed by atoms with E-state index in [0.29, 0.717) is 34.3 Å². The van der Waals surface area contributed by atoms with Gasteiger partial charge in [0.2, 0.25) is 11.8 Å². The predicted molar refractivity (Wildman–Crippen MR) is 168 cm³/mol. The molecule has 0 spiro atoms. The van der Waals surface area contributed by atoms with Gasteiger partial charge in [0.1, 0.15) is 18.3 Å². The summed E-state index contributed by atoms with van der Waals surface area (Å²) in [6, 6.07) is 16.9. The van der Waals surface area contributed by atoms with Gasteiger partial charge >= 0.3 is 0 Å². The first-order valence-electron chi connectivity index (χ1n) is 13.8. The van der Waals surface area contributed by atoms with Crippen molar-refractivity contribution in [2.75, 3.05) is 24.5 Å². The number of halogens is 2. The summed E-state index contributed by atoms with van der Waals surface area (Å²) in [6.07, 6.45) is 1.97. The van der Waals surface area contributed by atoms with Crippen LogP contribution in [0.4, 0.5) is 5.69 Å². The van der Waals surface area contributed by atoms with Gasteiger partial charge in [-0.3, -0.25) is 13.9 Å². The van der Waals surface area contributed by atoms with Crippen LogP contribution in [0.2, 0.25) is 10.0 Å². The summed E-state index contributed by atoms with van der Waals surface area (Å²) >= 11 is 12.9. The number of unbranched alkanes of at least 4 members (excludes halogenated alkanes) is 1. The third-order valence-corrected chi connectivity index (χ3v) is 9.35. The van der Waals surface area contributed by atoms with Gasteiger partial charge in [0.05, 0.1) is 17.7 Å². The van der Waals surface area contributed by atoms with E-state index >= 15 is 0 Å². The van der Waals surface area contributed by atoms with E-state index in [9.17, 15) is 18.0 Å². The highest BCUT2D eigenvalue weighted by Gasteiger charge is 2.34. The van der Waals surface area contributed by atoms with Gasteiger partial charge in [-0.05, 0) is 68.3 Å². The average molecular weight is 635 g/mol. The Morgan fingerprint density at radius 3 is 2.12 bits per heavy atom. The van der Waals surface area contributed by atoms with E-state index in [-0.39, 0.29) is 23.0 Å². The van der Waals surface area contributed by atoms with Crippen LogP contribution >= 0.6 is 23.2 Å². The Balaban J connectivity index is 2.08. The Morgan fingerprint density at radius 2 is 1.57 bits per heavy atom. The number of hydrogen-bond acceptors (Lipinski definition) is 5. The number of nitrogens with one attached hydrogen (secondary N) is 1. The maximum atomic E-state index is 14.2. The molecule has 0 unspecified atom stereocenters. The van der Waals surface area contributed by atoms with Gasteiger partial charge in [-0.25, -0.2) is 8.42 Å². The van der Waals surface area contributed by atoms with Crippen LogP contribution in [-0.4, -0.2) is 51.4 Å². The van der Waals surface area contributed by atoms with Crippen LogP contribution in [0, 0.1) is 6.92 Å². The van der Waals surface area contributed by atoms with Crippen LogP contribution in [0.1, 0.15) is 44.2 Å². The number of amides is 2.